The summed E-state index contributed by atoms with van der Waals surface area (Å²) >= 11 is 0. The number of carbonyl (C=O) groups is 2. The third kappa shape index (κ3) is 3.85. The van der Waals surface area contributed by atoms with Gasteiger partial charge in [0.25, 0.3) is 0 Å². The van der Waals surface area contributed by atoms with Gasteiger partial charge in [-0.05, 0) is 13.8 Å². The van der Waals surface area contributed by atoms with Crippen molar-refractivity contribution in [2.75, 3.05) is 6.61 Å². The molecule has 0 saturated heterocycles. The molecule has 0 aliphatic carbocycles. The fraction of sp³-hybridized carbons (Fsp3) is 0.385. The zero-order valence-corrected chi connectivity index (χ0v) is 9.66. The van der Waals surface area contributed by atoms with Crippen LogP contribution in [0.1, 0.15) is 35.7 Å². The Morgan fingerprint density at radius 2 is 1.75 bits per heavy atom. The van der Waals surface area contributed by atoms with Gasteiger partial charge in [0.1, 0.15) is 0 Å². The van der Waals surface area contributed by atoms with Crippen molar-refractivity contribution in [3.8, 4) is 0 Å². The number of aryl methyl sites for hydroxylation is 1. The lowest BCUT2D eigenvalue weighted by atomic mass is 10.1. The monoisotopic (exact) mass is 220 g/mol. The van der Waals surface area contributed by atoms with E-state index in [1.54, 1.807) is 19.1 Å². The first-order chi connectivity index (χ1) is 7.63. The van der Waals surface area contributed by atoms with Crippen molar-refractivity contribution >= 4 is 11.8 Å². The molecule has 0 unspecified atom stereocenters. The summed E-state index contributed by atoms with van der Waals surface area (Å²) in [6, 6.07) is 7.33. The number of hydrogen-bond acceptors (Lipinski definition) is 3. The minimum absolute atomic E-state index is 0.0203. The number of ketones is 1. The summed E-state index contributed by atoms with van der Waals surface area (Å²) in [4.78, 5) is 22.7. The largest absolute Gasteiger partial charge is 0.466 e. The zero-order chi connectivity index (χ0) is 12.0. The van der Waals surface area contributed by atoms with Gasteiger partial charge in [0, 0.05) is 12.0 Å². The van der Waals surface area contributed by atoms with E-state index in [1.165, 1.54) is 0 Å². The van der Waals surface area contributed by atoms with Gasteiger partial charge in [-0.25, -0.2) is 0 Å². The number of benzene rings is 1. The van der Waals surface area contributed by atoms with Crippen molar-refractivity contribution in [1.82, 2.24) is 0 Å². The van der Waals surface area contributed by atoms with Crippen LogP contribution in [0.25, 0.3) is 0 Å². The first-order valence-electron chi connectivity index (χ1n) is 5.39. The number of rotatable bonds is 5. The molecule has 1 aromatic carbocycles. The molecule has 0 bridgehead atoms. The maximum Gasteiger partial charge on any atom is 0.306 e. The maximum absolute atomic E-state index is 11.7. The molecule has 16 heavy (non-hydrogen) atoms. The van der Waals surface area contributed by atoms with E-state index < -0.39 is 0 Å². The fourth-order valence-electron chi connectivity index (χ4n) is 1.33. The Bertz CT molecular complexity index is 365. The van der Waals surface area contributed by atoms with Gasteiger partial charge >= 0.3 is 5.97 Å². The van der Waals surface area contributed by atoms with E-state index in [0.717, 1.165) is 5.56 Å². The van der Waals surface area contributed by atoms with Gasteiger partial charge < -0.3 is 4.74 Å². The Kier molecular flexibility index (Phi) is 4.70. The van der Waals surface area contributed by atoms with Crippen LogP contribution < -0.4 is 0 Å². The Hall–Kier alpha value is -1.64. The van der Waals surface area contributed by atoms with Crippen LogP contribution in [0.2, 0.25) is 0 Å². The molecular weight excluding hydrogens is 204 g/mol. The summed E-state index contributed by atoms with van der Waals surface area (Å²) in [5, 5.41) is 0. The van der Waals surface area contributed by atoms with E-state index >= 15 is 0 Å². The molecule has 0 aliphatic heterocycles. The van der Waals surface area contributed by atoms with Gasteiger partial charge in [0.05, 0.1) is 13.0 Å². The summed E-state index contributed by atoms with van der Waals surface area (Å²) in [5.41, 5.74) is 1.76. The average Bonchev–Trinajstić information content (AvgIpc) is 2.27. The first-order valence-corrected chi connectivity index (χ1v) is 5.39. The van der Waals surface area contributed by atoms with E-state index in [0.29, 0.717) is 12.2 Å². The van der Waals surface area contributed by atoms with Crippen LogP contribution in [0, 0.1) is 6.92 Å². The molecule has 0 N–H and O–H groups in total. The van der Waals surface area contributed by atoms with Crippen molar-refractivity contribution in [2.45, 2.75) is 26.7 Å². The third-order valence-electron chi connectivity index (χ3n) is 2.24. The van der Waals surface area contributed by atoms with Crippen molar-refractivity contribution in [3.63, 3.8) is 0 Å². The molecule has 1 aromatic rings. The molecule has 0 saturated carbocycles. The molecule has 0 radical (unpaired) electrons. The molecular formula is C13H16O3. The molecule has 3 heteroatoms. The maximum atomic E-state index is 11.7. The summed E-state index contributed by atoms with van der Waals surface area (Å²) < 4.78 is 4.76. The standard InChI is InChI=1S/C13H16O3/c1-3-16-13(15)9-8-12(14)11-6-4-10(2)5-7-11/h4-7H,3,8-9H2,1-2H3. The summed E-state index contributed by atoms with van der Waals surface area (Å²) in [6.07, 6.45) is 0.364. The Balaban J connectivity index is 2.47. The molecule has 0 fully saturated rings. The van der Waals surface area contributed by atoms with Crippen LogP contribution in [0.15, 0.2) is 24.3 Å². The third-order valence-corrected chi connectivity index (χ3v) is 2.24. The van der Waals surface area contributed by atoms with Crippen LogP contribution in [0.4, 0.5) is 0 Å². The van der Waals surface area contributed by atoms with Crippen molar-refractivity contribution in [1.29, 1.82) is 0 Å². The van der Waals surface area contributed by atoms with Gasteiger partial charge in [0.2, 0.25) is 0 Å². The van der Waals surface area contributed by atoms with Gasteiger partial charge in [-0.1, -0.05) is 29.8 Å². The molecule has 86 valence electrons. The lowest BCUT2D eigenvalue weighted by Crippen LogP contribution is -2.07. The van der Waals surface area contributed by atoms with Crippen molar-refractivity contribution < 1.29 is 14.3 Å². The Morgan fingerprint density at radius 1 is 1.12 bits per heavy atom. The van der Waals surface area contributed by atoms with Crippen LogP contribution in [0.3, 0.4) is 0 Å². The van der Waals surface area contributed by atoms with E-state index in [4.69, 9.17) is 4.74 Å². The predicted molar refractivity (Wildman–Crippen MR) is 61.4 cm³/mol. The molecule has 0 spiro atoms. The highest BCUT2D eigenvalue weighted by atomic mass is 16.5. The Morgan fingerprint density at radius 3 is 2.31 bits per heavy atom. The second-order valence-corrected chi connectivity index (χ2v) is 3.59. The zero-order valence-electron chi connectivity index (χ0n) is 9.66. The number of esters is 1. The van der Waals surface area contributed by atoms with Crippen LogP contribution in [0.5, 0.6) is 0 Å². The SMILES string of the molecule is CCOC(=O)CCC(=O)c1ccc(C)cc1. The predicted octanol–water partition coefficient (Wildman–Crippen LogP) is 2.52. The number of hydrogen-bond donors (Lipinski definition) is 0. The van der Waals surface area contributed by atoms with E-state index in [2.05, 4.69) is 0 Å². The summed E-state index contributed by atoms with van der Waals surface area (Å²) in [7, 11) is 0. The number of carbonyl (C=O) groups excluding carboxylic acids is 2. The van der Waals surface area contributed by atoms with Gasteiger partial charge in [-0.3, -0.25) is 9.59 Å². The Labute approximate surface area is 95.4 Å². The molecule has 0 amide bonds. The van der Waals surface area contributed by atoms with Gasteiger partial charge in [-0.15, -0.1) is 0 Å². The molecule has 0 aromatic heterocycles. The van der Waals surface area contributed by atoms with Crippen LogP contribution in [-0.2, 0) is 9.53 Å². The topological polar surface area (TPSA) is 43.4 Å². The minimum atomic E-state index is -0.317. The normalized spacial score (nSPS) is 9.88. The molecule has 0 aliphatic rings. The average molecular weight is 220 g/mol. The van der Waals surface area contributed by atoms with E-state index in [-0.39, 0.29) is 24.6 Å². The smallest absolute Gasteiger partial charge is 0.306 e. The lowest BCUT2D eigenvalue weighted by Gasteiger charge is -2.02. The van der Waals surface area contributed by atoms with E-state index in [9.17, 15) is 9.59 Å². The first kappa shape index (κ1) is 12.4. The quantitative estimate of drug-likeness (QED) is 0.565. The molecule has 0 atom stereocenters. The second-order valence-electron chi connectivity index (χ2n) is 3.59. The van der Waals surface area contributed by atoms with Crippen LogP contribution in [-0.4, -0.2) is 18.4 Å². The number of ether oxygens (including phenoxy) is 1. The highest BCUT2D eigenvalue weighted by Crippen LogP contribution is 2.07. The second kappa shape index (κ2) is 6.05. The highest BCUT2D eigenvalue weighted by molar-refractivity contribution is 5.97. The van der Waals surface area contributed by atoms with E-state index in [1.807, 2.05) is 19.1 Å². The number of Topliss-reactive ketones (excluding diaryl/α,β-unsaturated/α-hetero) is 1. The van der Waals surface area contributed by atoms with Crippen molar-refractivity contribution in [3.05, 3.63) is 35.4 Å². The fourth-order valence-corrected chi connectivity index (χ4v) is 1.33. The molecule has 1 rings (SSSR count). The van der Waals surface area contributed by atoms with Crippen LogP contribution >= 0.6 is 0 Å². The highest BCUT2D eigenvalue weighted by Gasteiger charge is 2.09. The van der Waals surface area contributed by atoms with Crippen molar-refractivity contribution in [2.24, 2.45) is 0 Å². The van der Waals surface area contributed by atoms with Gasteiger partial charge in [-0.2, -0.15) is 0 Å². The lowest BCUT2D eigenvalue weighted by molar-refractivity contribution is -0.143. The minimum Gasteiger partial charge on any atom is -0.466 e. The van der Waals surface area contributed by atoms with Gasteiger partial charge in [0.15, 0.2) is 5.78 Å². The summed E-state index contributed by atoms with van der Waals surface area (Å²) in [5.74, 6) is -0.337. The molecule has 0 heterocycles. The molecule has 3 nitrogen and oxygen atoms in total. The summed E-state index contributed by atoms with van der Waals surface area (Å²) in [6.45, 7) is 4.07.